The van der Waals surface area contributed by atoms with Crippen LogP contribution in [-0.4, -0.2) is 17.5 Å². The predicted octanol–water partition coefficient (Wildman–Crippen LogP) is 19.0. The van der Waals surface area contributed by atoms with Gasteiger partial charge < -0.3 is 0 Å². The van der Waals surface area contributed by atoms with Crippen molar-refractivity contribution < 1.29 is 8.78 Å². The highest BCUT2D eigenvalue weighted by molar-refractivity contribution is 9.11. The Morgan fingerprint density at radius 1 is 0.403 bits per heavy atom. The van der Waals surface area contributed by atoms with Crippen molar-refractivity contribution in [2.24, 2.45) is 0 Å². The molecule has 0 fully saturated rings. The second-order valence-electron chi connectivity index (χ2n) is 18.8. The van der Waals surface area contributed by atoms with Crippen molar-refractivity contribution >= 4 is 77.4 Å². The summed E-state index contributed by atoms with van der Waals surface area (Å²) in [6.45, 7) is 9.02. The van der Waals surface area contributed by atoms with Crippen LogP contribution >= 0.6 is 55.3 Å². The van der Waals surface area contributed by atoms with Crippen molar-refractivity contribution in [1.29, 1.82) is 0 Å². The molecule has 5 aromatic rings. The van der Waals surface area contributed by atoms with E-state index in [-0.39, 0.29) is 11.6 Å². The Morgan fingerprint density at radius 3 is 0.984 bits per heavy atom. The zero-order valence-corrected chi connectivity index (χ0v) is 42.9. The van der Waals surface area contributed by atoms with Crippen LogP contribution in [0.2, 0.25) is 0 Å². The molecule has 7 rings (SSSR count). The van der Waals surface area contributed by atoms with Crippen LogP contribution in [0.25, 0.3) is 44.3 Å². The molecule has 4 nitrogen and oxygen atoms in total. The molecule has 0 spiro atoms. The van der Waals surface area contributed by atoms with Crippen molar-refractivity contribution in [2.45, 2.75) is 218 Å². The first-order chi connectivity index (χ1) is 30.3. The van der Waals surface area contributed by atoms with Gasteiger partial charge in [0.15, 0.2) is 0 Å². The van der Waals surface area contributed by atoms with Crippen LogP contribution in [0.1, 0.15) is 230 Å². The molecule has 0 unspecified atom stereocenters. The summed E-state index contributed by atoms with van der Waals surface area (Å²) < 4.78 is 59.5. The Morgan fingerprint density at radius 2 is 0.677 bits per heavy atom. The molecule has 2 aliphatic rings. The SMILES string of the molecule is CCCCCCCCC1(CCCCCCCC)c2cc(Br)c3nsnc3c2-c2c(F)c3c(c(F)c21)-c1c(cc(Br)c2nsnc12)C3(CCCCCCCC)CCCCCCCC. The maximum atomic E-state index is 19.2. The summed E-state index contributed by atoms with van der Waals surface area (Å²) in [4.78, 5) is 0. The normalized spacial score (nSPS) is 14.6. The molecular weight excluding hydrogens is 943 g/mol. The van der Waals surface area contributed by atoms with Gasteiger partial charge in [-0.1, -0.05) is 182 Å². The van der Waals surface area contributed by atoms with Crippen LogP contribution in [0.3, 0.4) is 0 Å². The standard InChI is InChI=1S/C52H70Br2F2N4S2/c1-5-9-13-17-21-25-29-51(30-26-22-18-14-10-6-2)35-33-37(53)47-49(59-61-57-47)39(35)41-43(51)45(55)42-40-36(34-38(54)48-50(40)60-62-58-48)52(44(42)46(41)56,31-27-23-19-15-11-7-3)32-28-24-20-16-12-8-4/h33-34H,5-32H2,1-4H3. The monoisotopic (exact) mass is 1010 g/mol. The van der Waals surface area contributed by atoms with E-state index in [0.717, 1.165) is 145 Å². The lowest BCUT2D eigenvalue weighted by molar-refractivity contribution is 0.375. The van der Waals surface area contributed by atoms with E-state index in [4.69, 9.17) is 17.5 Å². The molecule has 3 aromatic carbocycles. The van der Waals surface area contributed by atoms with Crippen LogP contribution < -0.4 is 0 Å². The molecule has 0 atom stereocenters. The van der Waals surface area contributed by atoms with Crippen molar-refractivity contribution in [3.8, 4) is 22.3 Å². The molecule has 0 amide bonds. The molecule has 2 aromatic heterocycles. The molecule has 62 heavy (non-hydrogen) atoms. The average Bonchev–Trinajstić information content (AvgIpc) is 4.07. The minimum absolute atomic E-state index is 0.234. The summed E-state index contributed by atoms with van der Waals surface area (Å²) in [6, 6.07) is 4.37. The van der Waals surface area contributed by atoms with Gasteiger partial charge in [-0.2, -0.15) is 17.5 Å². The van der Waals surface area contributed by atoms with Crippen molar-refractivity contribution in [3.05, 3.63) is 55.0 Å². The summed E-state index contributed by atoms with van der Waals surface area (Å²) >= 11 is 10.1. The third kappa shape index (κ3) is 9.39. The number of unbranched alkanes of at least 4 members (excludes halogenated alkanes) is 20. The van der Waals surface area contributed by atoms with E-state index < -0.39 is 10.8 Å². The molecule has 0 radical (unpaired) electrons. The van der Waals surface area contributed by atoms with E-state index in [2.05, 4.69) is 71.7 Å². The Balaban J connectivity index is 1.47. The van der Waals surface area contributed by atoms with Gasteiger partial charge >= 0.3 is 0 Å². The van der Waals surface area contributed by atoms with Gasteiger partial charge in [-0.25, -0.2) is 8.78 Å². The van der Waals surface area contributed by atoms with Crippen LogP contribution in [-0.2, 0) is 10.8 Å². The Kier molecular flexibility index (Phi) is 17.5. The van der Waals surface area contributed by atoms with Gasteiger partial charge in [0, 0.05) is 53.2 Å². The topological polar surface area (TPSA) is 51.6 Å². The Labute approximate surface area is 396 Å². The van der Waals surface area contributed by atoms with E-state index in [0.29, 0.717) is 33.3 Å². The number of rotatable bonds is 28. The molecule has 2 aliphatic carbocycles. The Hall–Kier alpha value is -1.88. The highest BCUT2D eigenvalue weighted by Gasteiger charge is 2.54. The van der Waals surface area contributed by atoms with Gasteiger partial charge in [-0.05, 0) is 80.8 Å². The largest absolute Gasteiger partial charge is 0.206 e. The number of fused-ring (bicyclic) bond motifs is 10. The number of nitrogens with zero attached hydrogens (tertiary/aromatic N) is 4. The van der Waals surface area contributed by atoms with Crippen molar-refractivity contribution in [1.82, 2.24) is 17.5 Å². The zero-order valence-electron chi connectivity index (χ0n) is 38.1. The fraction of sp³-hybridized carbons (Fsp3) is 0.654. The summed E-state index contributed by atoms with van der Waals surface area (Å²) in [7, 11) is 0. The highest BCUT2D eigenvalue weighted by Crippen LogP contribution is 2.65. The number of halogens is 4. The lowest BCUT2D eigenvalue weighted by Crippen LogP contribution is -2.29. The molecule has 338 valence electrons. The van der Waals surface area contributed by atoms with Crippen molar-refractivity contribution in [3.63, 3.8) is 0 Å². The maximum absolute atomic E-state index is 19.2. The van der Waals surface area contributed by atoms with E-state index >= 15 is 8.78 Å². The van der Waals surface area contributed by atoms with Gasteiger partial charge in [0.25, 0.3) is 0 Å². The molecule has 0 N–H and O–H groups in total. The third-order valence-electron chi connectivity index (χ3n) is 14.7. The summed E-state index contributed by atoms with van der Waals surface area (Å²) in [5, 5.41) is 0. The number of hydrogen-bond acceptors (Lipinski definition) is 6. The minimum Gasteiger partial charge on any atom is -0.206 e. The van der Waals surface area contributed by atoms with Gasteiger partial charge in [0.2, 0.25) is 0 Å². The fourth-order valence-corrected chi connectivity index (χ4v) is 13.9. The number of hydrogen-bond donors (Lipinski definition) is 0. The molecule has 0 bridgehead atoms. The molecule has 0 saturated heterocycles. The maximum Gasteiger partial charge on any atom is 0.136 e. The van der Waals surface area contributed by atoms with E-state index in [1.807, 2.05) is 0 Å². The second-order valence-corrected chi connectivity index (χ2v) is 21.6. The van der Waals surface area contributed by atoms with Gasteiger partial charge in [-0.15, -0.1) is 0 Å². The quantitative estimate of drug-likeness (QED) is 0.0469. The lowest BCUT2D eigenvalue weighted by atomic mass is 9.68. The lowest BCUT2D eigenvalue weighted by Gasteiger charge is -2.35. The van der Waals surface area contributed by atoms with E-state index in [1.165, 1.54) is 101 Å². The first-order valence-electron chi connectivity index (χ1n) is 24.8. The summed E-state index contributed by atoms with van der Waals surface area (Å²) in [5.41, 5.74) is 7.21. The van der Waals surface area contributed by atoms with E-state index in [1.54, 1.807) is 0 Å². The smallest absolute Gasteiger partial charge is 0.136 e. The van der Waals surface area contributed by atoms with Crippen LogP contribution in [0.5, 0.6) is 0 Å². The van der Waals surface area contributed by atoms with E-state index in [9.17, 15) is 0 Å². The second kappa shape index (κ2) is 22.5. The average molecular weight is 1010 g/mol. The summed E-state index contributed by atoms with van der Waals surface area (Å²) in [6.07, 6.45) is 30.5. The van der Waals surface area contributed by atoms with Gasteiger partial charge in [0.1, 0.15) is 33.7 Å². The minimum atomic E-state index is -0.695. The van der Waals surface area contributed by atoms with Crippen LogP contribution in [0, 0.1) is 11.6 Å². The van der Waals surface area contributed by atoms with Gasteiger partial charge in [0.05, 0.1) is 23.5 Å². The fourth-order valence-electron chi connectivity index (χ4n) is 11.5. The molecular formula is C52H70Br2F2N4S2. The third-order valence-corrected chi connectivity index (χ3v) is 16.9. The van der Waals surface area contributed by atoms with Crippen LogP contribution in [0.4, 0.5) is 8.78 Å². The van der Waals surface area contributed by atoms with Crippen LogP contribution in [0.15, 0.2) is 21.1 Å². The number of benzene rings is 3. The molecule has 2 heterocycles. The molecule has 10 heteroatoms. The number of aromatic nitrogens is 4. The van der Waals surface area contributed by atoms with Gasteiger partial charge in [-0.3, -0.25) is 0 Å². The first-order valence-corrected chi connectivity index (χ1v) is 27.8. The zero-order chi connectivity index (χ0) is 43.7. The highest BCUT2D eigenvalue weighted by atomic mass is 79.9. The first kappa shape index (κ1) is 48.1. The van der Waals surface area contributed by atoms with Crippen molar-refractivity contribution in [2.75, 3.05) is 0 Å². The Bertz CT molecular complexity index is 2080. The summed E-state index contributed by atoms with van der Waals surface area (Å²) in [5.74, 6) is -0.467. The molecule has 0 aliphatic heterocycles. The predicted molar refractivity (Wildman–Crippen MR) is 268 cm³/mol. The molecule has 0 saturated carbocycles.